The minimum Gasteiger partial charge on any atom is -0.382 e. The molecule has 4 heteroatoms. The maximum Gasteiger partial charge on any atom is 0.152 e. The molecule has 1 aromatic carbocycles. The summed E-state index contributed by atoms with van der Waals surface area (Å²) in [5, 5.41) is 1.15. The summed E-state index contributed by atoms with van der Waals surface area (Å²) in [4.78, 5) is 9.49. The lowest BCUT2D eigenvalue weighted by atomic mass is 9.88. The van der Waals surface area contributed by atoms with Gasteiger partial charge in [-0.1, -0.05) is 58.7 Å². The van der Waals surface area contributed by atoms with Gasteiger partial charge in [-0.2, -0.15) is 0 Å². The Bertz CT molecular complexity index is 876. The molecule has 3 aromatic rings. The van der Waals surface area contributed by atoms with Gasteiger partial charge in [0.1, 0.15) is 11.3 Å². The number of hydrogen-bond donors (Lipinski definition) is 1. The van der Waals surface area contributed by atoms with Crippen LogP contribution in [0.4, 0.5) is 5.82 Å². The first-order chi connectivity index (χ1) is 12.0. The molecule has 3 rings (SSSR count). The number of imidazole rings is 1. The van der Waals surface area contributed by atoms with E-state index in [-0.39, 0.29) is 5.41 Å². The molecule has 2 heterocycles. The fourth-order valence-corrected chi connectivity index (χ4v) is 3.78. The second-order valence-corrected chi connectivity index (χ2v) is 7.84. The SMILES string of the molecule is CCCCc1nc2c(N)nc3ccccc3c2n1CC(C)(C)CCC. The molecule has 0 radical (unpaired) electrons. The Labute approximate surface area is 150 Å². The van der Waals surface area contributed by atoms with Crippen LogP contribution in [-0.4, -0.2) is 14.5 Å². The predicted octanol–water partition coefficient (Wildman–Crippen LogP) is 5.34. The topological polar surface area (TPSA) is 56.7 Å². The van der Waals surface area contributed by atoms with Crippen molar-refractivity contribution in [3.8, 4) is 0 Å². The second-order valence-electron chi connectivity index (χ2n) is 7.84. The first kappa shape index (κ1) is 17.7. The van der Waals surface area contributed by atoms with Crippen molar-refractivity contribution >= 4 is 27.8 Å². The Hall–Kier alpha value is -2.10. The molecule has 0 amide bonds. The number of para-hydroxylation sites is 1. The number of pyridine rings is 1. The summed E-state index contributed by atoms with van der Waals surface area (Å²) in [6, 6.07) is 8.25. The highest BCUT2D eigenvalue weighted by molar-refractivity contribution is 6.06. The van der Waals surface area contributed by atoms with Gasteiger partial charge in [-0.25, -0.2) is 9.97 Å². The van der Waals surface area contributed by atoms with Gasteiger partial charge in [0.15, 0.2) is 5.82 Å². The van der Waals surface area contributed by atoms with Gasteiger partial charge in [0.25, 0.3) is 0 Å². The first-order valence-corrected chi connectivity index (χ1v) is 9.50. The number of fused-ring (bicyclic) bond motifs is 3. The number of unbranched alkanes of at least 4 members (excludes halogenated alkanes) is 1. The number of rotatable bonds is 7. The number of nitrogen functional groups attached to an aromatic ring is 1. The van der Waals surface area contributed by atoms with E-state index in [4.69, 9.17) is 10.7 Å². The molecule has 0 atom stereocenters. The van der Waals surface area contributed by atoms with Crippen LogP contribution in [0.5, 0.6) is 0 Å². The number of aromatic nitrogens is 3. The van der Waals surface area contributed by atoms with Gasteiger partial charge in [-0.3, -0.25) is 0 Å². The van der Waals surface area contributed by atoms with Crippen LogP contribution in [0, 0.1) is 5.41 Å². The number of anilines is 1. The van der Waals surface area contributed by atoms with Crippen molar-refractivity contribution in [2.45, 2.75) is 66.3 Å². The molecule has 2 N–H and O–H groups in total. The van der Waals surface area contributed by atoms with Crippen molar-refractivity contribution in [2.75, 3.05) is 5.73 Å². The largest absolute Gasteiger partial charge is 0.382 e. The highest BCUT2D eigenvalue weighted by Crippen LogP contribution is 2.33. The summed E-state index contributed by atoms with van der Waals surface area (Å²) in [6.45, 7) is 10.1. The van der Waals surface area contributed by atoms with E-state index in [1.54, 1.807) is 0 Å². The Kier molecular flexibility index (Phi) is 4.98. The molecular formula is C21H30N4. The molecule has 0 aliphatic heterocycles. The van der Waals surface area contributed by atoms with Gasteiger partial charge in [-0.15, -0.1) is 0 Å². The third kappa shape index (κ3) is 3.48. The number of benzene rings is 1. The van der Waals surface area contributed by atoms with E-state index in [0.29, 0.717) is 5.82 Å². The van der Waals surface area contributed by atoms with E-state index in [1.807, 2.05) is 12.1 Å². The molecule has 0 spiro atoms. The summed E-state index contributed by atoms with van der Waals surface area (Å²) < 4.78 is 2.42. The van der Waals surface area contributed by atoms with Gasteiger partial charge in [0, 0.05) is 18.4 Å². The molecule has 134 valence electrons. The minimum absolute atomic E-state index is 0.225. The summed E-state index contributed by atoms with van der Waals surface area (Å²) >= 11 is 0. The summed E-state index contributed by atoms with van der Waals surface area (Å²) in [5.41, 5.74) is 9.45. The standard InChI is InChI=1S/C21H30N4/c1-5-7-12-17-24-18-19(25(17)14-21(3,4)13-6-2)15-10-8-9-11-16(15)23-20(18)22/h8-11H,5-7,12-14H2,1-4H3,(H2,22,23). The van der Waals surface area contributed by atoms with Crippen LogP contribution < -0.4 is 5.73 Å². The van der Waals surface area contributed by atoms with E-state index in [9.17, 15) is 0 Å². The van der Waals surface area contributed by atoms with Gasteiger partial charge >= 0.3 is 0 Å². The van der Waals surface area contributed by atoms with E-state index in [0.717, 1.165) is 53.6 Å². The number of nitrogens with zero attached hydrogens (tertiary/aromatic N) is 3. The molecule has 0 saturated heterocycles. The third-order valence-electron chi connectivity index (χ3n) is 4.96. The van der Waals surface area contributed by atoms with Crippen molar-refractivity contribution in [1.29, 1.82) is 0 Å². The quantitative estimate of drug-likeness (QED) is 0.633. The summed E-state index contributed by atoms with van der Waals surface area (Å²) in [6.07, 6.45) is 5.67. The fraction of sp³-hybridized carbons (Fsp3) is 0.524. The normalized spacial score (nSPS) is 12.3. The maximum absolute atomic E-state index is 6.27. The number of hydrogen-bond acceptors (Lipinski definition) is 3. The van der Waals surface area contributed by atoms with Gasteiger partial charge in [0.05, 0.1) is 11.0 Å². The Morgan fingerprint density at radius 2 is 1.84 bits per heavy atom. The molecule has 0 bridgehead atoms. The monoisotopic (exact) mass is 338 g/mol. The van der Waals surface area contributed by atoms with E-state index in [2.05, 4.69) is 49.4 Å². The number of aryl methyl sites for hydroxylation is 1. The Morgan fingerprint density at radius 3 is 2.56 bits per heavy atom. The molecule has 2 aromatic heterocycles. The van der Waals surface area contributed by atoms with Crippen LogP contribution in [0.25, 0.3) is 21.9 Å². The first-order valence-electron chi connectivity index (χ1n) is 9.50. The van der Waals surface area contributed by atoms with Crippen molar-refractivity contribution in [2.24, 2.45) is 5.41 Å². The van der Waals surface area contributed by atoms with E-state index in [1.165, 1.54) is 12.8 Å². The second kappa shape index (κ2) is 7.03. The third-order valence-corrected chi connectivity index (χ3v) is 4.96. The van der Waals surface area contributed by atoms with E-state index >= 15 is 0 Å². The van der Waals surface area contributed by atoms with Gasteiger partial charge < -0.3 is 10.3 Å². The molecular weight excluding hydrogens is 308 g/mol. The molecule has 25 heavy (non-hydrogen) atoms. The molecule has 0 saturated carbocycles. The lowest BCUT2D eigenvalue weighted by Crippen LogP contribution is -2.21. The lowest BCUT2D eigenvalue weighted by Gasteiger charge is -2.26. The van der Waals surface area contributed by atoms with Gasteiger partial charge in [0.2, 0.25) is 0 Å². The molecule has 0 aliphatic carbocycles. The zero-order chi connectivity index (χ0) is 18.0. The van der Waals surface area contributed by atoms with Crippen molar-refractivity contribution in [3.63, 3.8) is 0 Å². The Morgan fingerprint density at radius 1 is 1.08 bits per heavy atom. The van der Waals surface area contributed by atoms with Crippen LogP contribution in [0.1, 0.15) is 59.2 Å². The van der Waals surface area contributed by atoms with Gasteiger partial charge in [-0.05, 0) is 24.3 Å². The lowest BCUT2D eigenvalue weighted by molar-refractivity contribution is 0.279. The van der Waals surface area contributed by atoms with Crippen molar-refractivity contribution in [3.05, 3.63) is 30.1 Å². The van der Waals surface area contributed by atoms with Crippen molar-refractivity contribution < 1.29 is 0 Å². The van der Waals surface area contributed by atoms with Crippen LogP contribution in [-0.2, 0) is 13.0 Å². The van der Waals surface area contributed by atoms with Crippen LogP contribution in [0.15, 0.2) is 24.3 Å². The smallest absolute Gasteiger partial charge is 0.152 e. The fourth-order valence-electron chi connectivity index (χ4n) is 3.78. The highest BCUT2D eigenvalue weighted by atomic mass is 15.1. The Balaban J connectivity index is 2.25. The van der Waals surface area contributed by atoms with Crippen LogP contribution in [0.2, 0.25) is 0 Å². The zero-order valence-electron chi connectivity index (χ0n) is 16.0. The molecule has 0 unspecified atom stereocenters. The predicted molar refractivity (Wildman–Crippen MR) is 107 cm³/mol. The average Bonchev–Trinajstić information content (AvgIpc) is 2.91. The van der Waals surface area contributed by atoms with Crippen LogP contribution in [0.3, 0.4) is 0 Å². The molecule has 0 fully saturated rings. The van der Waals surface area contributed by atoms with Crippen LogP contribution >= 0.6 is 0 Å². The average molecular weight is 338 g/mol. The molecule has 0 aliphatic rings. The number of nitrogens with two attached hydrogens (primary N) is 1. The minimum atomic E-state index is 0.225. The summed E-state index contributed by atoms with van der Waals surface area (Å²) in [5.74, 6) is 1.68. The maximum atomic E-state index is 6.27. The van der Waals surface area contributed by atoms with E-state index < -0.39 is 0 Å². The van der Waals surface area contributed by atoms with Crippen molar-refractivity contribution in [1.82, 2.24) is 14.5 Å². The highest BCUT2D eigenvalue weighted by Gasteiger charge is 2.23. The summed E-state index contributed by atoms with van der Waals surface area (Å²) in [7, 11) is 0. The molecule has 4 nitrogen and oxygen atoms in total. The zero-order valence-corrected chi connectivity index (χ0v) is 16.0.